The molecule has 0 saturated heterocycles. The van der Waals surface area contributed by atoms with Gasteiger partial charge in [0.2, 0.25) is 5.88 Å². The SMILES string of the molecule is CN=C(NCc1ccc(OC(C)C)nc1)NCc1ccc(C)s1. The molecule has 6 heteroatoms. The van der Waals surface area contributed by atoms with E-state index in [1.807, 2.05) is 32.2 Å². The fraction of sp³-hybridized carbons (Fsp3) is 0.412. The molecular formula is C17H24N4OS. The molecule has 0 atom stereocenters. The van der Waals surface area contributed by atoms with Crippen molar-refractivity contribution in [3.63, 3.8) is 0 Å². The molecule has 0 radical (unpaired) electrons. The van der Waals surface area contributed by atoms with E-state index in [0.29, 0.717) is 12.4 Å². The fourth-order valence-corrected chi connectivity index (χ4v) is 2.81. The van der Waals surface area contributed by atoms with Crippen LogP contribution in [0.3, 0.4) is 0 Å². The summed E-state index contributed by atoms with van der Waals surface area (Å²) < 4.78 is 5.54. The third kappa shape index (κ3) is 5.90. The zero-order valence-electron chi connectivity index (χ0n) is 14.1. The molecule has 0 unspecified atom stereocenters. The molecule has 124 valence electrons. The van der Waals surface area contributed by atoms with Crippen LogP contribution in [0.15, 0.2) is 35.5 Å². The molecule has 23 heavy (non-hydrogen) atoms. The third-order valence-corrected chi connectivity index (χ3v) is 4.06. The average Bonchev–Trinajstić information content (AvgIpc) is 2.94. The maximum Gasteiger partial charge on any atom is 0.213 e. The Hall–Kier alpha value is -2.08. The minimum Gasteiger partial charge on any atom is -0.475 e. The quantitative estimate of drug-likeness (QED) is 0.630. The number of guanidine groups is 1. The zero-order valence-corrected chi connectivity index (χ0v) is 14.9. The molecule has 0 fully saturated rings. The first-order valence-corrected chi connectivity index (χ1v) is 8.50. The van der Waals surface area contributed by atoms with Gasteiger partial charge in [-0.2, -0.15) is 0 Å². The van der Waals surface area contributed by atoms with Crippen LogP contribution in [0.5, 0.6) is 5.88 Å². The van der Waals surface area contributed by atoms with Crippen LogP contribution in [0.25, 0.3) is 0 Å². The summed E-state index contributed by atoms with van der Waals surface area (Å²) in [6.07, 6.45) is 1.95. The van der Waals surface area contributed by atoms with E-state index in [9.17, 15) is 0 Å². The summed E-state index contributed by atoms with van der Waals surface area (Å²) in [6.45, 7) is 7.53. The normalized spacial score (nSPS) is 11.6. The lowest BCUT2D eigenvalue weighted by Gasteiger charge is -2.12. The van der Waals surface area contributed by atoms with Gasteiger partial charge in [0.25, 0.3) is 0 Å². The molecular weight excluding hydrogens is 308 g/mol. The number of rotatable bonds is 6. The minimum atomic E-state index is 0.135. The molecule has 0 bridgehead atoms. The van der Waals surface area contributed by atoms with Gasteiger partial charge in [-0.1, -0.05) is 6.07 Å². The summed E-state index contributed by atoms with van der Waals surface area (Å²) in [6, 6.07) is 8.16. The molecule has 2 N–H and O–H groups in total. The van der Waals surface area contributed by atoms with Gasteiger partial charge < -0.3 is 15.4 Å². The number of aromatic nitrogens is 1. The highest BCUT2D eigenvalue weighted by Gasteiger charge is 2.02. The first-order chi connectivity index (χ1) is 11.1. The predicted octanol–water partition coefficient (Wildman–Crippen LogP) is 3.10. The van der Waals surface area contributed by atoms with Crippen LogP contribution < -0.4 is 15.4 Å². The molecule has 5 nitrogen and oxygen atoms in total. The van der Waals surface area contributed by atoms with E-state index in [0.717, 1.165) is 18.1 Å². The number of nitrogens with zero attached hydrogens (tertiary/aromatic N) is 2. The fourth-order valence-electron chi connectivity index (χ4n) is 1.98. The molecule has 2 heterocycles. The monoisotopic (exact) mass is 332 g/mol. The Bertz CT molecular complexity index is 634. The maximum absolute atomic E-state index is 5.54. The molecule has 2 aromatic rings. The minimum absolute atomic E-state index is 0.135. The van der Waals surface area contributed by atoms with Crippen molar-refractivity contribution in [2.45, 2.75) is 40.0 Å². The molecule has 0 aliphatic rings. The van der Waals surface area contributed by atoms with Gasteiger partial charge in [0.1, 0.15) is 0 Å². The summed E-state index contributed by atoms with van der Waals surface area (Å²) in [7, 11) is 1.77. The summed E-state index contributed by atoms with van der Waals surface area (Å²) in [4.78, 5) is 11.1. The molecule has 0 aromatic carbocycles. The lowest BCUT2D eigenvalue weighted by atomic mass is 10.3. The highest BCUT2D eigenvalue weighted by atomic mass is 32.1. The van der Waals surface area contributed by atoms with Crippen LogP contribution in [0.1, 0.15) is 29.2 Å². The number of ether oxygens (including phenoxy) is 1. The maximum atomic E-state index is 5.54. The molecule has 2 rings (SSSR count). The lowest BCUT2D eigenvalue weighted by Crippen LogP contribution is -2.36. The lowest BCUT2D eigenvalue weighted by molar-refractivity contribution is 0.232. The van der Waals surface area contributed by atoms with Crippen molar-refractivity contribution in [3.8, 4) is 5.88 Å². The molecule has 0 aliphatic carbocycles. The van der Waals surface area contributed by atoms with Crippen molar-refractivity contribution in [3.05, 3.63) is 45.8 Å². The van der Waals surface area contributed by atoms with Crippen molar-refractivity contribution >= 4 is 17.3 Å². The van der Waals surface area contributed by atoms with Gasteiger partial charge in [-0.15, -0.1) is 11.3 Å². The van der Waals surface area contributed by atoms with Crippen LogP contribution in [0.4, 0.5) is 0 Å². The first kappa shape index (κ1) is 17.3. The van der Waals surface area contributed by atoms with Gasteiger partial charge in [-0.3, -0.25) is 4.99 Å². The number of hydrogen-bond donors (Lipinski definition) is 2. The predicted molar refractivity (Wildman–Crippen MR) is 96.1 cm³/mol. The smallest absolute Gasteiger partial charge is 0.213 e. The van der Waals surface area contributed by atoms with Gasteiger partial charge in [0.15, 0.2) is 5.96 Å². The van der Waals surface area contributed by atoms with E-state index >= 15 is 0 Å². The Balaban J connectivity index is 1.80. The summed E-state index contributed by atoms with van der Waals surface area (Å²) in [5.74, 6) is 1.43. The second kappa shape index (κ2) is 8.53. The number of hydrogen-bond acceptors (Lipinski definition) is 4. The third-order valence-electron chi connectivity index (χ3n) is 3.06. The summed E-state index contributed by atoms with van der Waals surface area (Å²) in [5.41, 5.74) is 1.08. The van der Waals surface area contributed by atoms with E-state index in [4.69, 9.17) is 4.74 Å². The largest absolute Gasteiger partial charge is 0.475 e. The van der Waals surface area contributed by atoms with Crippen LogP contribution >= 0.6 is 11.3 Å². The van der Waals surface area contributed by atoms with Gasteiger partial charge in [0, 0.05) is 35.6 Å². The standard InChI is InChI=1S/C17H24N4OS/c1-12(2)22-16-8-6-14(9-19-16)10-20-17(18-4)21-11-15-7-5-13(3)23-15/h5-9,12H,10-11H2,1-4H3,(H2,18,20,21). The number of nitrogens with one attached hydrogen (secondary N) is 2. The van der Waals surface area contributed by atoms with Crippen molar-refractivity contribution in [1.82, 2.24) is 15.6 Å². The molecule has 0 spiro atoms. The second-order valence-electron chi connectivity index (χ2n) is 5.46. The summed E-state index contributed by atoms with van der Waals surface area (Å²) >= 11 is 1.79. The molecule has 0 amide bonds. The molecule has 0 aliphatic heterocycles. The average molecular weight is 332 g/mol. The van der Waals surface area contributed by atoms with Crippen LogP contribution in [-0.2, 0) is 13.1 Å². The Morgan fingerprint density at radius 1 is 1.22 bits per heavy atom. The van der Waals surface area contributed by atoms with E-state index in [2.05, 4.69) is 39.7 Å². The van der Waals surface area contributed by atoms with Crippen LogP contribution in [-0.4, -0.2) is 24.1 Å². The Kier molecular flexibility index (Phi) is 6.40. The van der Waals surface area contributed by atoms with E-state index in [1.54, 1.807) is 18.4 Å². The number of aliphatic imine (C=N–C) groups is 1. The van der Waals surface area contributed by atoms with Gasteiger partial charge in [-0.05, 0) is 38.5 Å². The number of aryl methyl sites for hydroxylation is 1. The van der Waals surface area contributed by atoms with Crippen LogP contribution in [0.2, 0.25) is 0 Å². The van der Waals surface area contributed by atoms with Crippen LogP contribution in [0, 0.1) is 6.92 Å². The topological polar surface area (TPSA) is 58.5 Å². The van der Waals surface area contributed by atoms with Gasteiger partial charge >= 0.3 is 0 Å². The Labute approximate surface area is 141 Å². The number of pyridine rings is 1. The Morgan fingerprint density at radius 3 is 2.57 bits per heavy atom. The first-order valence-electron chi connectivity index (χ1n) is 7.68. The van der Waals surface area contributed by atoms with E-state index < -0.39 is 0 Å². The van der Waals surface area contributed by atoms with Crippen molar-refractivity contribution in [2.75, 3.05) is 7.05 Å². The highest BCUT2D eigenvalue weighted by molar-refractivity contribution is 7.11. The zero-order chi connectivity index (χ0) is 16.7. The van der Waals surface area contributed by atoms with Crippen molar-refractivity contribution in [2.24, 2.45) is 4.99 Å². The second-order valence-corrected chi connectivity index (χ2v) is 6.84. The van der Waals surface area contributed by atoms with Gasteiger partial charge in [-0.25, -0.2) is 4.98 Å². The van der Waals surface area contributed by atoms with Crippen molar-refractivity contribution < 1.29 is 4.74 Å². The van der Waals surface area contributed by atoms with E-state index in [1.165, 1.54) is 9.75 Å². The van der Waals surface area contributed by atoms with Crippen molar-refractivity contribution in [1.29, 1.82) is 0 Å². The highest BCUT2D eigenvalue weighted by Crippen LogP contribution is 2.14. The number of thiophene rings is 1. The molecule has 0 saturated carbocycles. The molecule has 2 aromatic heterocycles. The Morgan fingerprint density at radius 2 is 2.00 bits per heavy atom. The van der Waals surface area contributed by atoms with Gasteiger partial charge in [0.05, 0.1) is 12.6 Å². The summed E-state index contributed by atoms with van der Waals surface area (Å²) in [5, 5.41) is 6.60. The van der Waals surface area contributed by atoms with E-state index in [-0.39, 0.29) is 6.10 Å².